The number of ether oxygens (including phenoxy) is 1. The molecule has 0 atom stereocenters. The van der Waals surface area contributed by atoms with Crippen molar-refractivity contribution in [2.75, 3.05) is 17.2 Å². The van der Waals surface area contributed by atoms with Gasteiger partial charge in [0.25, 0.3) is 0 Å². The molecule has 0 aliphatic carbocycles. The van der Waals surface area contributed by atoms with Crippen LogP contribution in [0.3, 0.4) is 0 Å². The minimum Gasteiger partial charge on any atom is -0.494 e. The van der Waals surface area contributed by atoms with Crippen LogP contribution in [0, 0.1) is 0 Å². The molecule has 0 spiro atoms. The van der Waals surface area contributed by atoms with Crippen molar-refractivity contribution in [1.29, 1.82) is 0 Å². The third-order valence-electron chi connectivity index (χ3n) is 2.94. The summed E-state index contributed by atoms with van der Waals surface area (Å²) in [6, 6.07) is 15.4. The lowest BCUT2D eigenvalue weighted by Gasteiger charge is -2.09. The number of hydrogen-bond acceptors (Lipinski definition) is 3. The number of amides is 1. The molecular formula is C17H20N2O2. The number of carbonyl (C=O) groups excluding carboxylic acids is 1. The molecule has 110 valence electrons. The predicted octanol–water partition coefficient (Wildman–Crippen LogP) is 4.18. The highest BCUT2D eigenvalue weighted by atomic mass is 16.5. The monoisotopic (exact) mass is 284 g/mol. The molecule has 0 saturated heterocycles. The largest absolute Gasteiger partial charge is 0.494 e. The number of rotatable bonds is 6. The summed E-state index contributed by atoms with van der Waals surface area (Å²) in [5.74, 6) is 0.878. The molecule has 2 aromatic rings. The maximum absolute atomic E-state index is 11.3. The van der Waals surface area contributed by atoms with Gasteiger partial charge in [-0.1, -0.05) is 6.92 Å². The molecule has 0 aliphatic rings. The van der Waals surface area contributed by atoms with Crippen LogP contribution in [0.25, 0.3) is 0 Å². The Bertz CT molecular complexity index is 577. The van der Waals surface area contributed by atoms with Gasteiger partial charge in [0.2, 0.25) is 5.91 Å². The molecule has 4 heteroatoms. The summed E-state index contributed by atoms with van der Waals surface area (Å²) in [5, 5.41) is 6.12. The Kier molecular flexibility index (Phi) is 5.21. The Hall–Kier alpha value is -2.49. The van der Waals surface area contributed by atoms with Crippen molar-refractivity contribution in [3.05, 3.63) is 48.5 Å². The fourth-order valence-corrected chi connectivity index (χ4v) is 1.85. The van der Waals surface area contributed by atoms with Crippen molar-refractivity contribution >= 4 is 23.0 Å². The predicted molar refractivity (Wildman–Crippen MR) is 86.3 cm³/mol. The van der Waals surface area contributed by atoms with Gasteiger partial charge in [-0.2, -0.15) is 0 Å². The molecule has 4 nitrogen and oxygen atoms in total. The molecule has 0 saturated carbocycles. The average Bonchev–Trinajstić information content (AvgIpc) is 2.51. The summed E-state index contributed by atoms with van der Waals surface area (Å²) in [7, 11) is 0. The van der Waals surface area contributed by atoms with E-state index in [0.29, 0.717) is 13.0 Å². The van der Waals surface area contributed by atoms with Crippen molar-refractivity contribution in [1.82, 2.24) is 0 Å². The van der Waals surface area contributed by atoms with E-state index in [1.165, 1.54) is 0 Å². The van der Waals surface area contributed by atoms with Gasteiger partial charge in [-0.25, -0.2) is 0 Å². The quantitative estimate of drug-likeness (QED) is 0.836. The first-order valence-corrected chi connectivity index (χ1v) is 7.11. The first kappa shape index (κ1) is 14.9. The van der Waals surface area contributed by atoms with E-state index < -0.39 is 0 Å². The van der Waals surface area contributed by atoms with Crippen LogP contribution in [0.4, 0.5) is 17.1 Å². The van der Waals surface area contributed by atoms with Gasteiger partial charge in [0.1, 0.15) is 5.75 Å². The molecule has 0 heterocycles. The lowest BCUT2D eigenvalue weighted by atomic mass is 10.2. The van der Waals surface area contributed by atoms with Crippen molar-refractivity contribution in [3.8, 4) is 5.75 Å². The van der Waals surface area contributed by atoms with E-state index in [2.05, 4.69) is 10.6 Å². The van der Waals surface area contributed by atoms with Crippen LogP contribution in [0.15, 0.2) is 48.5 Å². The van der Waals surface area contributed by atoms with E-state index in [-0.39, 0.29) is 5.91 Å². The van der Waals surface area contributed by atoms with Crippen molar-refractivity contribution < 1.29 is 9.53 Å². The molecule has 0 aliphatic heterocycles. The zero-order chi connectivity index (χ0) is 15.1. The molecule has 0 fully saturated rings. The van der Waals surface area contributed by atoms with Crippen LogP contribution in [0.2, 0.25) is 0 Å². The van der Waals surface area contributed by atoms with Gasteiger partial charge < -0.3 is 15.4 Å². The van der Waals surface area contributed by atoms with E-state index in [4.69, 9.17) is 4.74 Å². The maximum atomic E-state index is 11.3. The molecule has 1 amide bonds. The van der Waals surface area contributed by atoms with Gasteiger partial charge in [0.05, 0.1) is 6.61 Å². The molecule has 21 heavy (non-hydrogen) atoms. The highest BCUT2D eigenvalue weighted by Crippen LogP contribution is 2.21. The number of anilines is 3. The zero-order valence-corrected chi connectivity index (χ0v) is 12.3. The zero-order valence-electron chi connectivity index (χ0n) is 12.3. The minimum absolute atomic E-state index is 0.0159. The first-order chi connectivity index (χ1) is 10.2. The Morgan fingerprint density at radius 3 is 1.95 bits per heavy atom. The summed E-state index contributed by atoms with van der Waals surface area (Å²) in [5.41, 5.74) is 2.76. The fourth-order valence-electron chi connectivity index (χ4n) is 1.85. The van der Waals surface area contributed by atoms with Gasteiger partial charge in [-0.3, -0.25) is 4.79 Å². The normalized spacial score (nSPS) is 10.0. The second-order valence-corrected chi connectivity index (χ2v) is 4.56. The Morgan fingerprint density at radius 2 is 1.43 bits per heavy atom. The number of carbonyl (C=O) groups is 1. The molecule has 0 bridgehead atoms. The van der Waals surface area contributed by atoms with Crippen LogP contribution in [-0.4, -0.2) is 12.5 Å². The summed E-state index contributed by atoms with van der Waals surface area (Å²) in [6.07, 6.45) is 0.478. The Morgan fingerprint density at radius 1 is 0.905 bits per heavy atom. The molecule has 0 aromatic heterocycles. The van der Waals surface area contributed by atoms with Crippen LogP contribution in [-0.2, 0) is 4.79 Å². The summed E-state index contributed by atoms with van der Waals surface area (Å²) >= 11 is 0. The van der Waals surface area contributed by atoms with Crippen LogP contribution < -0.4 is 15.4 Å². The molecular weight excluding hydrogens is 264 g/mol. The van der Waals surface area contributed by atoms with Gasteiger partial charge in [0, 0.05) is 23.5 Å². The molecule has 2 N–H and O–H groups in total. The van der Waals surface area contributed by atoms with Gasteiger partial charge in [-0.15, -0.1) is 0 Å². The highest BCUT2D eigenvalue weighted by molar-refractivity contribution is 5.90. The van der Waals surface area contributed by atoms with Crippen LogP contribution in [0.5, 0.6) is 5.75 Å². The van der Waals surface area contributed by atoms with E-state index in [1.54, 1.807) is 0 Å². The van der Waals surface area contributed by atoms with Crippen LogP contribution in [0.1, 0.15) is 20.3 Å². The maximum Gasteiger partial charge on any atom is 0.224 e. The standard InChI is InChI=1S/C17H20N2O2/c1-3-17(20)19-15-7-5-13(6-8-15)18-14-9-11-16(12-10-14)21-4-2/h5-12,18H,3-4H2,1-2H3,(H,19,20). The fraction of sp³-hybridized carbons (Fsp3) is 0.235. The van der Waals surface area contributed by atoms with Gasteiger partial charge in [-0.05, 0) is 55.5 Å². The summed E-state index contributed by atoms with van der Waals surface area (Å²) in [4.78, 5) is 11.3. The van der Waals surface area contributed by atoms with Crippen molar-refractivity contribution in [2.45, 2.75) is 20.3 Å². The lowest BCUT2D eigenvalue weighted by molar-refractivity contribution is -0.115. The van der Waals surface area contributed by atoms with Crippen molar-refractivity contribution in [2.24, 2.45) is 0 Å². The van der Waals surface area contributed by atoms with E-state index in [1.807, 2.05) is 62.4 Å². The topological polar surface area (TPSA) is 50.4 Å². The number of nitrogens with one attached hydrogen (secondary N) is 2. The smallest absolute Gasteiger partial charge is 0.224 e. The molecule has 2 rings (SSSR count). The average molecular weight is 284 g/mol. The number of benzene rings is 2. The van der Waals surface area contributed by atoms with E-state index in [0.717, 1.165) is 22.8 Å². The number of hydrogen-bond donors (Lipinski definition) is 2. The Labute approximate surface area is 125 Å². The second-order valence-electron chi connectivity index (χ2n) is 4.56. The molecule has 0 unspecified atom stereocenters. The van der Waals surface area contributed by atoms with Gasteiger partial charge in [0.15, 0.2) is 0 Å². The minimum atomic E-state index is 0.0159. The Balaban J connectivity index is 1.97. The van der Waals surface area contributed by atoms with Crippen LogP contribution >= 0.6 is 0 Å². The third-order valence-corrected chi connectivity index (χ3v) is 2.94. The summed E-state index contributed by atoms with van der Waals surface area (Å²) < 4.78 is 5.41. The highest BCUT2D eigenvalue weighted by Gasteiger charge is 2.00. The van der Waals surface area contributed by atoms with E-state index >= 15 is 0 Å². The summed E-state index contributed by atoms with van der Waals surface area (Å²) in [6.45, 7) is 4.46. The second kappa shape index (κ2) is 7.33. The van der Waals surface area contributed by atoms with Crippen molar-refractivity contribution in [3.63, 3.8) is 0 Å². The van der Waals surface area contributed by atoms with Gasteiger partial charge >= 0.3 is 0 Å². The first-order valence-electron chi connectivity index (χ1n) is 7.11. The SMILES string of the molecule is CCOc1ccc(Nc2ccc(NC(=O)CC)cc2)cc1. The molecule has 0 radical (unpaired) electrons. The third kappa shape index (κ3) is 4.53. The van der Waals surface area contributed by atoms with E-state index in [9.17, 15) is 4.79 Å². The lowest BCUT2D eigenvalue weighted by Crippen LogP contribution is -2.09. The molecule has 2 aromatic carbocycles.